The maximum atomic E-state index is 13.6. The highest BCUT2D eigenvalue weighted by Gasteiger charge is 2.33. The summed E-state index contributed by atoms with van der Waals surface area (Å²) in [5.74, 6) is -3.18. The molecule has 0 bridgehead atoms. The molecule has 0 aliphatic carbocycles. The molecule has 1 atom stereocenters. The van der Waals surface area contributed by atoms with Crippen LogP contribution in [0.4, 0.5) is 14.5 Å². The number of carbonyl (C=O) groups is 1. The minimum atomic E-state index is -2.88. The van der Waals surface area contributed by atoms with E-state index in [-0.39, 0.29) is 17.4 Å². The van der Waals surface area contributed by atoms with Crippen LogP contribution in [0.5, 0.6) is 0 Å². The Kier molecular flexibility index (Phi) is 3.76. The van der Waals surface area contributed by atoms with Gasteiger partial charge in [0.05, 0.1) is 0 Å². The summed E-state index contributed by atoms with van der Waals surface area (Å²) in [6.07, 6.45) is 1.27. The zero-order chi connectivity index (χ0) is 16.6. The first-order valence-corrected chi connectivity index (χ1v) is 7.43. The van der Waals surface area contributed by atoms with Gasteiger partial charge < -0.3 is 4.90 Å². The molecule has 0 fully saturated rings. The van der Waals surface area contributed by atoms with Gasteiger partial charge in [-0.05, 0) is 29.3 Å². The molecule has 3 rings (SSSR count). The van der Waals surface area contributed by atoms with E-state index in [1.807, 2.05) is 30.3 Å². The second kappa shape index (κ2) is 5.61. The standard InChI is InChI=1S/C19H17F2NO/c1-3-18(23)22-12-16(15-9-4-5-10-17(15)22)13-7-6-8-14(11-13)19(2,20)21/h3-11,16H,1,12H2,2H3/t16-/m0/s1. The molecule has 2 aromatic carbocycles. The highest BCUT2D eigenvalue weighted by atomic mass is 19.3. The van der Waals surface area contributed by atoms with E-state index in [0.717, 1.165) is 23.7 Å². The number of rotatable bonds is 3. The molecule has 1 aliphatic rings. The molecular formula is C19H17F2NO. The number of nitrogens with zero attached hydrogens (tertiary/aromatic N) is 1. The second-order valence-electron chi connectivity index (χ2n) is 5.78. The normalized spacial score (nSPS) is 17.0. The van der Waals surface area contributed by atoms with Crippen LogP contribution in [0.2, 0.25) is 0 Å². The van der Waals surface area contributed by atoms with Crippen LogP contribution in [-0.2, 0) is 10.7 Å². The van der Waals surface area contributed by atoms with Gasteiger partial charge in [-0.15, -0.1) is 0 Å². The van der Waals surface area contributed by atoms with E-state index in [0.29, 0.717) is 6.54 Å². The maximum Gasteiger partial charge on any atom is 0.270 e. The van der Waals surface area contributed by atoms with Gasteiger partial charge in [-0.25, -0.2) is 8.78 Å². The van der Waals surface area contributed by atoms with Gasteiger partial charge in [-0.3, -0.25) is 4.79 Å². The van der Waals surface area contributed by atoms with Crippen molar-refractivity contribution in [2.45, 2.75) is 18.8 Å². The SMILES string of the molecule is C=CC(=O)N1C[C@@H](c2cccc(C(C)(F)F)c2)c2ccccc21. The largest absolute Gasteiger partial charge is 0.308 e. The van der Waals surface area contributed by atoms with Gasteiger partial charge >= 0.3 is 0 Å². The third-order valence-electron chi connectivity index (χ3n) is 4.20. The number of benzene rings is 2. The van der Waals surface area contributed by atoms with Crippen LogP contribution in [0.15, 0.2) is 61.2 Å². The molecule has 23 heavy (non-hydrogen) atoms. The number of anilines is 1. The fraction of sp³-hybridized carbons (Fsp3) is 0.211. The molecule has 2 nitrogen and oxygen atoms in total. The Bertz CT molecular complexity index is 764. The van der Waals surface area contributed by atoms with Crippen molar-refractivity contribution in [3.8, 4) is 0 Å². The Morgan fingerprint density at radius 1 is 1.26 bits per heavy atom. The monoisotopic (exact) mass is 313 g/mol. The van der Waals surface area contributed by atoms with Crippen LogP contribution in [0.1, 0.15) is 29.5 Å². The molecule has 0 N–H and O–H groups in total. The van der Waals surface area contributed by atoms with Gasteiger partial charge in [0.2, 0.25) is 5.91 Å². The van der Waals surface area contributed by atoms with Gasteiger partial charge in [0, 0.05) is 30.6 Å². The average molecular weight is 313 g/mol. The van der Waals surface area contributed by atoms with Crippen molar-refractivity contribution < 1.29 is 13.6 Å². The molecule has 0 spiro atoms. The van der Waals surface area contributed by atoms with Gasteiger partial charge in [-0.1, -0.05) is 43.0 Å². The minimum absolute atomic E-state index is 0.0130. The number of halogens is 2. The summed E-state index contributed by atoms with van der Waals surface area (Å²) in [5.41, 5.74) is 2.56. The first kappa shape index (κ1) is 15.4. The van der Waals surface area contributed by atoms with Gasteiger partial charge in [0.25, 0.3) is 5.92 Å². The maximum absolute atomic E-state index is 13.6. The molecule has 0 aromatic heterocycles. The van der Waals surface area contributed by atoms with Crippen molar-refractivity contribution in [3.63, 3.8) is 0 Å². The lowest BCUT2D eigenvalue weighted by Gasteiger charge is -2.17. The molecule has 0 radical (unpaired) electrons. The van der Waals surface area contributed by atoms with Crippen LogP contribution in [-0.4, -0.2) is 12.5 Å². The molecule has 0 unspecified atom stereocenters. The summed E-state index contributed by atoms with van der Waals surface area (Å²) in [4.78, 5) is 13.7. The third kappa shape index (κ3) is 2.77. The summed E-state index contributed by atoms with van der Waals surface area (Å²) in [6, 6.07) is 14.0. The van der Waals surface area contributed by atoms with Crippen molar-refractivity contribution in [2.24, 2.45) is 0 Å². The highest BCUT2D eigenvalue weighted by molar-refractivity contribution is 6.03. The van der Waals surface area contributed by atoms with Gasteiger partial charge in [-0.2, -0.15) is 0 Å². The molecule has 2 aromatic rings. The van der Waals surface area contributed by atoms with Crippen LogP contribution >= 0.6 is 0 Å². The van der Waals surface area contributed by atoms with Crippen molar-refractivity contribution >= 4 is 11.6 Å². The Labute approximate surface area is 134 Å². The zero-order valence-corrected chi connectivity index (χ0v) is 12.8. The highest BCUT2D eigenvalue weighted by Crippen LogP contribution is 2.41. The first-order chi connectivity index (χ1) is 10.9. The van der Waals surface area contributed by atoms with E-state index in [1.165, 1.54) is 18.2 Å². The number of para-hydroxylation sites is 1. The van der Waals surface area contributed by atoms with Gasteiger partial charge in [0.1, 0.15) is 0 Å². The van der Waals surface area contributed by atoms with Gasteiger partial charge in [0.15, 0.2) is 0 Å². The number of fused-ring (bicyclic) bond motifs is 1. The number of hydrogen-bond donors (Lipinski definition) is 0. The number of alkyl halides is 2. The third-order valence-corrected chi connectivity index (χ3v) is 4.20. The summed E-state index contributed by atoms with van der Waals surface area (Å²) < 4.78 is 27.2. The molecule has 1 heterocycles. The van der Waals surface area contributed by atoms with Crippen molar-refractivity contribution in [2.75, 3.05) is 11.4 Å². The zero-order valence-electron chi connectivity index (χ0n) is 12.8. The van der Waals surface area contributed by atoms with Crippen molar-refractivity contribution in [3.05, 3.63) is 77.9 Å². The fourth-order valence-electron chi connectivity index (χ4n) is 3.04. The topological polar surface area (TPSA) is 20.3 Å². The smallest absolute Gasteiger partial charge is 0.270 e. The number of hydrogen-bond acceptors (Lipinski definition) is 1. The minimum Gasteiger partial charge on any atom is -0.308 e. The molecule has 1 aliphatic heterocycles. The predicted molar refractivity (Wildman–Crippen MR) is 86.8 cm³/mol. The van der Waals surface area contributed by atoms with E-state index < -0.39 is 5.92 Å². The lowest BCUT2D eigenvalue weighted by atomic mass is 9.91. The van der Waals surface area contributed by atoms with Crippen molar-refractivity contribution in [1.29, 1.82) is 0 Å². The number of carbonyl (C=O) groups excluding carboxylic acids is 1. The summed E-state index contributed by atoms with van der Waals surface area (Å²) in [5, 5.41) is 0. The molecular weight excluding hydrogens is 296 g/mol. The summed E-state index contributed by atoms with van der Waals surface area (Å²) >= 11 is 0. The van der Waals surface area contributed by atoms with E-state index in [2.05, 4.69) is 6.58 Å². The quantitative estimate of drug-likeness (QED) is 0.766. The predicted octanol–water partition coefficient (Wildman–Crippen LogP) is 4.46. The lowest BCUT2D eigenvalue weighted by molar-refractivity contribution is -0.114. The summed E-state index contributed by atoms with van der Waals surface area (Å²) in [7, 11) is 0. The van der Waals surface area contributed by atoms with E-state index >= 15 is 0 Å². The Balaban J connectivity index is 2.05. The number of amides is 1. The Hall–Kier alpha value is -2.49. The lowest BCUT2D eigenvalue weighted by Crippen LogP contribution is -2.28. The van der Waals surface area contributed by atoms with Crippen LogP contribution < -0.4 is 4.90 Å². The molecule has 118 valence electrons. The van der Waals surface area contributed by atoms with Crippen LogP contribution in [0.25, 0.3) is 0 Å². The summed E-state index contributed by atoms with van der Waals surface area (Å²) in [6.45, 7) is 4.86. The Morgan fingerprint density at radius 2 is 2.00 bits per heavy atom. The fourth-order valence-corrected chi connectivity index (χ4v) is 3.04. The van der Waals surface area contributed by atoms with Crippen LogP contribution in [0.3, 0.4) is 0 Å². The first-order valence-electron chi connectivity index (χ1n) is 7.43. The van der Waals surface area contributed by atoms with E-state index in [4.69, 9.17) is 0 Å². The van der Waals surface area contributed by atoms with E-state index in [9.17, 15) is 13.6 Å². The molecule has 0 saturated carbocycles. The van der Waals surface area contributed by atoms with Crippen molar-refractivity contribution in [1.82, 2.24) is 0 Å². The van der Waals surface area contributed by atoms with E-state index in [1.54, 1.807) is 11.0 Å². The van der Waals surface area contributed by atoms with Crippen LogP contribution in [0, 0.1) is 0 Å². The average Bonchev–Trinajstić information content (AvgIpc) is 2.93. The second-order valence-corrected chi connectivity index (χ2v) is 5.78. The molecule has 1 amide bonds. The molecule has 4 heteroatoms. The molecule has 0 saturated heterocycles. The Morgan fingerprint density at radius 3 is 2.70 bits per heavy atom.